The average molecular weight is 481 g/mol. The van der Waals surface area contributed by atoms with Crippen molar-refractivity contribution < 1.29 is 31.1 Å². The second kappa shape index (κ2) is 9.81. The maximum atomic E-state index is 12.7. The molecule has 2 N–H and O–H groups in total. The molecule has 9 nitrogen and oxygen atoms in total. The lowest BCUT2D eigenvalue weighted by molar-refractivity contribution is -0.123. The number of benzene rings is 1. The second-order valence-corrected chi connectivity index (χ2v) is 8.46. The van der Waals surface area contributed by atoms with Gasteiger partial charge < -0.3 is 10.1 Å². The van der Waals surface area contributed by atoms with Crippen LogP contribution in [0.4, 0.5) is 19.0 Å². The van der Waals surface area contributed by atoms with Crippen molar-refractivity contribution >= 4 is 21.7 Å². The van der Waals surface area contributed by atoms with Crippen LogP contribution in [0.1, 0.15) is 21.6 Å². The Morgan fingerprint density at radius 1 is 1.12 bits per heavy atom. The van der Waals surface area contributed by atoms with Crippen LogP contribution in [0.5, 0.6) is 5.88 Å². The molecule has 0 unspecified atom stereocenters. The lowest BCUT2D eigenvalue weighted by Gasteiger charge is -2.14. The predicted molar refractivity (Wildman–Crippen MR) is 111 cm³/mol. The smallest absolute Gasteiger partial charge is 0.405 e. The number of halogens is 3. The molecule has 0 bridgehead atoms. The molecule has 0 saturated carbocycles. The molecule has 1 amide bonds. The van der Waals surface area contributed by atoms with E-state index in [1.165, 1.54) is 24.5 Å². The van der Waals surface area contributed by atoms with Crippen LogP contribution in [0.15, 0.2) is 59.9 Å². The number of nitrogens with zero attached hydrogens (tertiary/aromatic N) is 3. The molecule has 0 spiro atoms. The fraction of sp³-hybridized carbons (Fsp3) is 0.200. The van der Waals surface area contributed by atoms with Crippen molar-refractivity contribution in [2.45, 2.75) is 24.6 Å². The quantitative estimate of drug-likeness (QED) is 0.507. The van der Waals surface area contributed by atoms with Gasteiger partial charge in [0.1, 0.15) is 13.2 Å². The maximum Gasteiger partial charge on any atom is 0.405 e. The van der Waals surface area contributed by atoms with E-state index in [4.69, 9.17) is 4.74 Å². The van der Waals surface area contributed by atoms with E-state index in [2.05, 4.69) is 19.7 Å². The number of amides is 1. The number of pyridine rings is 1. The van der Waals surface area contributed by atoms with Crippen LogP contribution in [0.2, 0.25) is 0 Å². The van der Waals surface area contributed by atoms with Crippen molar-refractivity contribution in [2.75, 3.05) is 11.3 Å². The van der Waals surface area contributed by atoms with Gasteiger partial charge in [0.05, 0.1) is 11.1 Å². The van der Waals surface area contributed by atoms with Gasteiger partial charge in [-0.15, -0.1) is 0 Å². The lowest BCUT2D eigenvalue weighted by Crippen LogP contribution is -2.34. The summed E-state index contributed by atoms with van der Waals surface area (Å²) < 4.78 is 70.4. The number of aryl methyl sites for hydroxylation is 1. The molecule has 13 heteroatoms. The molecule has 3 aromatic rings. The first kappa shape index (κ1) is 23.9. The largest absolute Gasteiger partial charge is 0.470 e. The third-order valence-corrected chi connectivity index (χ3v) is 5.44. The topological polar surface area (TPSA) is 123 Å². The van der Waals surface area contributed by atoms with Gasteiger partial charge in [0, 0.05) is 18.0 Å². The molecule has 0 saturated heterocycles. The summed E-state index contributed by atoms with van der Waals surface area (Å²) in [5, 5.41) is 1.67. The summed E-state index contributed by atoms with van der Waals surface area (Å²) in [7, 11) is -4.09. The molecule has 0 fully saturated rings. The van der Waals surface area contributed by atoms with Gasteiger partial charge in [-0.1, -0.05) is 23.8 Å². The number of nitrogens with one attached hydrogen (secondary N) is 2. The molecular formula is C20H18F3N5O4S. The Labute approximate surface area is 187 Å². The summed E-state index contributed by atoms with van der Waals surface area (Å²) in [4.78, 5) is 23.6. The Kier molecular flexibility index (Phi) is 7.11. The molecule has 0 aliphatic rings. The molecule has 0 aliphatic heterocycles. The predicted octanol–water partition coefficient (Wildman–Crippen LogP) is 2.85. The van der Waals surface area contributed by atoms with Crippen LogP contribution < -0.4 is 14.8 Å². The summed E-state index contributed by atoms with van der Waals surface area (Å²) in [5.41, 5.74) is 0.959. The van der Waals surface area contributed by atoms with Crippen LogP contribution in [0.3, 0.4) is 0 Å². The van der Waals surface area contributed by atoms with Crippen molar-refractivity contribution in [1.82, 2.24) is 20.3 Å². The third kappa shape index (κ3) is 6.87. The number of carbonyl (C=O) groups excluding carboxylic acids is 1. The number of aromatic nitrogens is 3. The summed E-state index contributed by atoms with van der Waals surface area (Å²) in [5.74, 6) is -1.89. The number of alkyl halides is 3. The molecular weight excluding hydrogens is 463 g/mol. The third-order valence-electron chi connectivity index (χ3n) is 4.08. The van der Waals surface area contributed by atoms with E-state index < -0.39 is 40.2 Å². The van der Waals surface area contributed by atoms with Crippen LogP contribution in [0.25, 0.3) is 0 Å². The molecule has 174 valence electrons. The van der Waals surface area contributed by atoms with E-state index in [1.54, 1.807) is 36.5 Å². The first-order chi connectivity index (χ1) is 15.5. The van der Waals surface area contributed by atoms with Gasteiger partial charge in [-0.2, -0.15) is 13.2 Å². The summed E-state index contributed by atoms with van der Waals surface area (Å²) in [6.07, 6.45) is -0.749. The highest BCUT2D eigenvalue weighted by atomic mass is 32.2. The molecule has 0 atom stereocenters. The fourth-order valence-corrected chi connectivity index (χ4v) is 3.47. The number of ether oxygens (including phenoxy) is 1. The zero-order valence-electron chi connectivity index (χ0n) is 17.1. The Hall–Kier alpha value is -3.74. The minimum Gasteiger partial charge on any atom is -0.470 e. The van der Waals surface area contributed by atoms with Crippen molar-refractivity contribution in [3.05, 3.63) is 71.8 Å². The van der Waals surface area contributed by atoms with Gasteiger partial charge in [-0.25, -0.2) is 18.4 Å². The van der Waals surface area contributed by atoms with Crippen LogP contribution in [-0.4, -0.2) is 42.0 Å². The highest BCUT2D eigenvalue weighted by molar-refractivity contribution is 7.92. The maximum absolute atomic E-state index is 12.7. The first-order valence-electron chi connectivity index (χ1n) is 9.37. The molecule has 33 heavy (non-hydrogen) atoms. The highest BCUT2D eigenvalue weighted by Gasteiger charge is 2.28. The molecule has 0 aliphatic carbocycles. The van der Waals surface area contributed by atoms with Crippen molar-refractivity contribution in [2.24, 2.45) is 0 Å². The van der Waals surface area contributed by atoms with Gasteiger partial charge in [-0.05, 0) is 25.1 Å². The van der Waals surface area contributed by atoms with Crippen LogP contribution in [-0.2, 0) is 16.6 Å². The Morgan fingerprint density at radius 2 is 1.85 bits per heavy atom. The highest BCUT2D eigenvalue weighted by Crippen LogP contribution is 2.24. The Balaban J connectivity index is 1.88. The average Bonchev–Trinajstić information content (AvgIpc) is 2.77. The van der Waals surface area contributed by atoms with Gasteiger partial charge in [-0.3, -0.25) is 14.5 Å². The van der Waals surface area contributed by atoms with E-state index in [1.807, 2.05) is 0 Å². The number of rotatable bonds is 8. The second-order valence-electron chi connectivity index (χ2n) is 6.78. The number of hydrogen-bond acceptors (Lipinski definition) is 7. The van der Waals surface area contributed by atoms with E-state index in [-0.39, 0.29) is 17.3 Å². The van der Waals surface area contributed by atoms with E-state index in [0.29, 0.717) is 5.56 Å². The van der Waals surface area contributed by atoms with E-state index >= 15 is 0 Å². The minimum atomic E-state index is -4.62. The first-order valence-corrected chi connectivity index (χ1v) is 10.8. The summed E-state index contributed by atoms with van der Waals surface area (Å²) in [6, 6.07) is 9.31. The zero-order chi connectivity index (χ0) is 24.1. The molecule has 3 rings (SSSR count). The molecule has 2 aromatic heterocycles. The van der Waals surface area contributed by atoms with Crippen molar-refractivity contribution in [1.29, 1.82) is 0 Å². The Bertz CT molecular complexity index is 1220. The monoisotopic (exact) mass is 481 g/mol. The number of hydrogen-bond donors (Lipinski definition) is 2. The van der Waals surface area contributed by atoms with Crippen molar-refractivity contribution in [3.8, 4) is 5.88 Å². The van der Waals surface area contributed by atoms with E-state index in [0.717, 1.165) is 11.8 Å². The van der Waals surface area contributed by atoms with Gasteiger partial charge in [0.2, 0.25) is 5.82 Å². The number of carbonyl (C=O) groups is 1. The fourth-order valence-electron chi connectivity index (χ4n) is 2.46. The minimum absolute atomic E-state index is 0.0555. The van der Waals surface area contributed by atoms with Gasteiger partial charge in [0.25, 0.3) is 21.8 Å². The number of anilines is 1. The standard InChI is InChI=1S/C20H18F3N5O4S/c1-13-4-6-15(7-5-13)33(30,31)28-17-19(32-11-14-3-2-8-24-9-14)27-16(10-25-17)18(29)26-12-20(21,22)23/h2-10H,11-12H2,1H3,(H,25,28)(H,26,29). The Morgan fingerprint density at radius 3 is 2.48 bits per heavy atom. The van der Waals surface area contributed by atoms with E-state index in [9.17, 15) is 26.4 Å². The summed E-state index contributed by atoms with van der Waals surface area (Å²) in [6.45, 7) is 0.110. The SMILES string of the molecule is Cc1ccc(S(=O)(=O)Nc2ncc(C(=O)NCC(F)(F)F)nc2OCc2cccnc2)cc1. The summed E-state index contributed by atoms with van der Waals surface area (Å²) >= 11 is 0. The molecule has 0 radical (unpaired) electrons. The lowest BCUT2D eigenvalue weighted by atomic mass is 10.2. The zero-order valence-corrected chi connectivity index (χ0v) is 17.9. The van der Waals surface area contributed by atoms with Crippen LogP contribution in [0, 0.1) is 6.92 Å². The van der Waals surface area contributed by atoms with Gasteiger partial charge >= 0.3 is 6.18 Å². The van der Waals surface area contributed by atoms with Crippen LogP contribution >= 0.6 is 0 Å². The normalized spacial score (nSPS) is 11.6. The van der Waals surface area contributed by atoms with Gasteiger partial charge in [0.15, 0.2) is 5.69 Å². The number of sulfonamides is 1. The molecule has 1 aromatic carbocycles. The van der Waals surface area contributed by atoms with Crippen molar-refractivity contribution in [3.63, 3.8) is 0 Å². The molecule has 2 heterocycles.